The molecule has 0 aliphatic heterocycles. The molecule has 0 spiro atoms. The number of nitrogens with zero attached hydrogens (tertiary/aromatic N) is 3. The number of benzene rings is 1. The Bertz CT molecular complexity index is 1120. The molecule has 1 aromatic carbocycles. The number of rotatable bonds is 4. The van der Waals surface area contributed by atoms with Crippen LogP contribution in [0.25, 0.3) is 11.0 Å². The van der Waals surface area contributed by atoms with E-state index in [1.54, 1.807) is 7.11 Å². The number of fused-ring (bicyclic) bond motifs is 1. The Morgan fingerprint density at radius 2 is 1.63 bits per heavy atom. The first-order valence-electron chi connectivity index (χ1n) is 9.35. The summed E-state index contributed by atoms with van der Waals surface area (Å²) in [5.41, 5.74) is 9.41. The number of aromatic nitrogens is 3. The maximum atomic E-state index is 10.6. The number of halogens is 6. The van der Waals surface area contributed by atoms with E-state index in [-0.39, 0.29) is 0 Å². The molecule has 0 aliphatic rings. The number of carboxylic acid groups (broad SMARTS) is 2. The van der Waals surface area contributed by atoms with Crippen LogP contribution in [0.15, 0.2) is 42.7 Å². The average molecular weight is 510 g/mol. The maximum absolute atomic E-state index is 10.6. The molecule has 9 nitrogen and oxygen atoms in total. The van der Waals surface area contributed by atoms with Crippen molar-refractivity contribution in [1.82, 2.24) is 9.55 Å². The van der Waals surface area contributed by atoms with E-state index in [0.29, 0.717) is 6.54 Å². The molecule has 0 unspecified atom stereocenters. The smallest absolute Gasteiger partial charge is 0.490 e. The molecule has 0 radical (unpaired) electrons. The Labute approximate surface area is 194 Å². The van der Waals surface area contributed by atoms with Gasteiger partial charge < -0.3 is 25.5 Å². The molecule has 2 heterocycles. The topological polar surface area (TPSA) is 134 Å². The highest BCUT2D eigenvalue weighted by molar-refractivity contribution is 5.74. The van der Waals surface area contributed by atoms with Gasteiger partial charge in [0.05, 0.1) is 20.7 Å². The van der Waals surface area contributed by atoms with Crippen LogP contribution in [0.3, 0.4) is 0 Å². The van der Waals surface area contributed by atoms with Gasteiger partial charge in [0.1, 0.15) is 18.3 Å². The minimum absolute atomic E-state index is 0.485. The number of carbonyl (C=O) groups excluding carboxylic acids is 1. The van der Waals surface area contributed by atoms with E-state index in [9.17, 15) is 26.3 Å². The first-order chi connectivity index (χ1) is 16.1. The highest BCUT2D eigenvalue weighted by Gasteiger charge is 2.38. The van der Waals surface area contributed by atoms with Gasteiger partial charge in [-0.05, 0) is 29.8 Å². The second kappa shape index (κ2) is 12.0. The van der Waals surface area contributed by atoms with Crippen LogP contribution < -0.4 is 20.1 Å². The number of methoxy groups -OCH3 is 1. The fourth-order valence-electron chi connectivity index (χ4n) is 2.68. The minimum Gasteiger partial charge on any atom is -0.542 e. The highest BCUT2D eigenvalue weighted by Crippen LogP contribution is 2.21. The van der Waals surface area contributed by atoms with Crippen molar-refractivity contribution < 1.29 is 55.4 Å². The maximum Gasteiger partial charge on any atom is 0.490 e. The molecule has 3 aromatic rings. The highest BCUT2D eigenvalue weighted by atomic mass is 19.4. The second-order valence-corrected chi connectivity index (χ2v) is 6.56. The zero-order valence-electron chi connectivity index (χ0n) is 18.2. The number of hydrogen-bond donors (Lipinski definition) is 2. The predicted molar refractivity (Wildman–Crippen MR) is 106 cm³/mol. The predicted octanol–water partition coefficient (Wildman–Crippen LogP) is 1.31. The summed E-state index contributed by atoms with van der Waals surface area (Å²) in [4.78, 5) is 21.7. The molecule has 0 atom stereocenters. The number of hydrogen-bond acceptors (Lipinski definition) is 6. The summed E-state index contributed by atoms with van der Waals surface area (Å²) in [6.45, 7) is 1.25. The van der Waals surface area contributed by atoms with Gasteiger partial charge in [0.2, 0.25) is 0 Å². The Hall–Kier alpha value is -3.88. The van der Waals surface area contributed by atoms with Gasteiger partial charge in [-0.25, -0.2) is 13.9 Å². The fourth-order valence-corrected chi connectivity index (χ4v) is 2.68. The molecule has 3 rings (SSSR count). The normalized spacial score (nSPS) is 11.1. The Kier molecular flexibility index (Phi) is 10.0. The van der Waals surface area contributed by atoms with E-state index in [2.05, 4.69) is 26.3 Å². The number of carboxylic acids is 2. The van der Waals surface area contributed by atoms with Gasteiger partial charge >= 0.3 is 18.3 Å². The van der Waals surface area contributed by atoms with Gasteiger partial charge in [0.15, 0.2) is 11.0 Å². The Morgan fingerprint density at radius 1 is 1.11 bits per heavy atom. The van der Waals surface area contributed by atoms with Crippen molar-refractivity contribution in [3.8, 4) is 5.75 Å². The summed E-state index contributed by atoms with van der Waals surface area (Å²) < 4.78 is 73.0. The van der Waals surface area contributed by atoms with Crippen molar-refractivity contribution in [2.75, 3.05) is 7.11 Å². The lowest BCUT2D eigenvalue weighted by atomic mass is 10.2. The van der Waals surface area contributed by atoms with E-state index in [4.69, 9.17) is 30.3 Å². The quantitative estimate of drug-likeness (QED) is 0.399. The molecule has 35 heavy (non-hydrogen) atoms. The van der Waals surface area contributed by atoms with Gasteiger partial charge in [0, 0.05) is 18.5 Å². The van der Waals surface area contributed by atoms with Crippen LogP contribution in [-0.4, -0.2) is 46.1 Å². The van der Waals surface area contributed by atoms with Crippen molar-refractivity contribution in [3.05, 3.63) is 54.1 Å². The molecule has 2 aromatic heterocycles. The lowest BCUT2D eigenvalue weighted by Gasteiger charge is -2.03. The number of aryl methyl sites for hydroxylation is 1. The Morgan fingerprint density at radius 3 is 2.03 bits per heavy atom. The van der Waals surface area contributed by atoms with Gasteiger partial charge in [-0.1, -0.05) is 0 Å². The summed E-state index contributed by atoms with van der Waals surface area (Å²) in [6, 6.07) is 10.1. The number of ether oxygens (including phenoxy) is 1. The summed E-state index contributed by atoms with van der Waals surface area (Å²) in [5, 5.41) is 15.9. The molecule has 3 N–H and O–H groups in total. The lowest BCUT2D eigenvalue weighted by molar-refractivity contribution is -0.654. The van der Waals surface area contributed by atoms with Crippen LogP contribution in [0.5, 0.6) is 5.75 Å². The zero-order valence-corrected chi connectivity index (χ0v) is 18.2. The van der Waals surface area contributed by atoms with Crippen LogP contribution in [0.1, 0.15) is 11.4 Å². The van der Waals surface area contributed by atoms with Crippen LogP contribution in [-0.2, 0) is 29.7 Å². The number of pyridine rings is 1. The van der Waals surface area contributed by atoms with Crippen LogP contribution in [0.2, 0.25) is 0 Å². The van der Waals surface area contributed by atoms with E-state index < -0.39 is 24.3 Å². The van der Waals surface area contributed by atoms with E-state index in [1.165, 1.54) is 5.56 Å². The monoisotopic (exact) mass is 510 g/mol. The molecule has 192 valence electrons. The average Bonchev–Trinajstić information content (AvgIpc) is 3.04. The minimum atomic E-state index is -5.19. The van der Waals surface area contributed by atoms with E-state index >= 15 is 0 Å². The molecular weight excluding hydrogens is 490 g/mol. The number of carbonyl (C=O) groups is 2. The van der Waals surface area contributed by atoms with Crippen LogP contribution in [0, 0.1) is 0 Å². The third kappa shape index (κ3) is 8.44. The van der Waals surface area contributed by atoms with Gasteiger partial charge in [0.25, 0.3) is 5.82 Å². The number of nitrogens with two attached hydrogens (primary N) is 1. The molecule has 0 saturated carbocycles. The molecule has 0 aliphatic carbocycles. The first kappa shape index (κ1) is 29.2. The molecule has 15 heteroatoms. The second-order valence-electron chi connectivity index (χ2n) is 6.56. The molecule has 0 saturated heterocycles. The fraction of sp³-hybridized carbons (Fsp3) is 0.300. The third-order valence-corrected chi connectivity index (χ3v) is 4.28. The van der Waals surface area contributed by atoms with Crippen LogP contribution >= 0.6 is 0 Å². The summed E-state index contributed by atoms with van der Waals surface area (Å²) in [6.07, 6.45) is -6.66. The molecular formula is C20H20F6N4O5. The molecule has 0 fully saturated rings. The first-order valence-corrected chi connectivity index (χ1v) is 9.35. The van der Waals surface area contributed by atoms with Crippen molar-refractivity contribution in [2.24, 2.45) is 12.8 Å². The van der Waals surface area contributed by atoms with Crippen LogP contribution in [0.4, 0.5) is 26.3 Å². The van der Waals surface area contributed by atoms with Gasteiger partial charge in [-0.15, -0.1) is 0 Å². The standard InChI is InChI=1S/C16H19N4O.2C2HF3O2/c1-19-14-4-3-13(21-2)9-15(14)20(16(19)10-17)11-12-5-7-18-8-6-12;2*3-2(4,5)1(6)7/h3-9H,10-11,17H2,1-2H3;2*(H,6,7)/q+1;;/p-1. The number of alkyl halides is 6. The SMILES string of the molecule is COc1ccc2c(c1)n(Cc1ccncc1)c(CN)[n+]2C.O=C(O)C(F)(F)F.O=C([O-])C(F)(F)F. The van der Waals surface area contributed by atoms with E-state index in [0.717, 1.165) is 29.2 Å². The third-order valence-electron chi connectivity index (χ3n) is 4.28. The van der Waals surface area contributed by atoms with E-state index in [1.807, 2.05) is 37.6 Å². The molecule has 0 amide bonds. The molecule has 0 bridgehead atoms. The van der Waals surface area contributed by atoms with Crippen molar-refractivity contribution in [1.29, 1.82) is 0 Å². The largest absolute Gasteiger partial charge is 0.542 e. The van der Waals surface area contributed by atoms with Gasteiger partial charge in [-0.2, -0.15) is 26.3 Å². The van der Waals surface area contributed by atoms with Crippen molar-refractivity contribution >= 4 is 23.0 Å². The lowest BCUT2D eigenvalue weighted by Crippen LogP contribution is -2.37. The van der Waals surface area contributed by atoms with Crippen molar-refractivity contribution in [3.63, 3.8) is 0 Å². The summed E-state index contributed by atoms with van der Waals surface area (Å²) >= 11 is 0. The van der Waals surface area contributed by atoms with Crippen molar-refractivity contribution in [2.45, 2.75) is 25.4 Å². The zero-order chi connectivity index (χ0) is 27.0. The summed E-state index contributed by atoms with van der Waals surface area (Å²) in [7, 11) is 3.72. The Balaban J connectivity index is 0.000000362. The number of imidazole rings is 1. The number of aliphatic carboxylic acids is 2. The summed E-state index contributed by atoms with van der Waals surface area (Å²) in [5.74, 6) is -3.84. The van der Waals surface area contributed by atoms with Gasteiger partial charge in [-0.3, -0.25) is 4.98 Å².